The van der Waals surface area contributed by atoms with Crippen molar-refractivity contribution in [2.75, 3.05) is 25.9 Å². The van der Waals surface area contributed by atoms with Gasteiger partial charge in [-0.1, -0.05) is 11.6 Å². The summed E-state index contributed by atoms with van der Waals surface area (Å²) in [6.07, 6.45) is 5.64. The van der Waals surface area contributed by atoms with E-state index in [1.54, 1.807) is 0 Å². The molecule has 0 bridgehead atoms. The summed E-state index contributed by atoms with van der Waals surface area (Å²) in [5, 5.41) is 9.52. The van der Waals surface area contributed by atoms with Gasteiger partial charge >= 0.3 is 0 Å². The standard InChI is InChI=1S/C17H23ClN4S/c1-19-17(22-11-14-3-2-8-23-14)20-7-6-12-10-21-16-5-4-13(18)9-15(12)16/h4-5,9-10,14,21H,2-3,6-8,11H2,1H3,(H2,19,20,22). The van der Waals surface area contributed by atoms with Gasteiger partial charge in [-0.15, -0.1) is 0 Å². The molecule has 1 saturated heterocycles. The highest BCUT2D eigenvalue weighted by atomic mass is 35.5. The van der Waals surface area contributed by atoms with Crippen molar-refractivity contribution < 1.29 is 0 Å². The summed E-state index contributed by atoms with van der Waals surface area (Å²) in [4.78, 5) is 7.60. The molecule has 1 atom stereocenters. The van der Waals surface area contributed by atoms with Gasteiger partial charge in [-0.2, -0.15) is 11.8 Å². The predicted molar refractivity (Wildman–Crippen MR) is 102 cm³/mol. The van der Waals surface area contributed by atoms with Crippen LogP contribution < -0.4 is 10.6 Å². The van der Waals surface area contributed by atoms with Crippen LogP contribution in [0, 0.1) is 0 Å². The Morgan fingerprint density at radius 1 is 1.43 bits per heavy atom. The minimum atomic E-state index is 0.726. The monoisotopic (exact) mass is 350 g/mol. The van der Waals surface area contributed by atoms with Gasteiger partial charge in [0, 0.05) is 47.5 Å². The maximum absolute atomic E-state index is 6.10. The number of nitrogens with one attached hydrogen (secondary N) is 3. The lowest BCUT2D eigenvalue weighted by Crippen LogP contribution is -2.40. The van der Waals surface area contributed by atoms with E-state index in [1.807, 2.05) is 25.2 Å². The highest BCUT2D eigenvalue weighted by Gasteiger charge is 2.15. The number of halogens is 1. The summed E-state index contributed by atoms with van der Waals surface area (Å²) in [5.41, 5.74) is 2.40. The second-order valence-electron chi connectivity index (χ2n) is 5.77. The van der Waals surface area contributed by atoms with E-state index < -0.39 is 0 Å². The molecule has 0 aliphatic carbocycles. The van der Waals surface area contributed by atoms with Gasteiger partial charge < -0.3 is 15.6 Å². The normalized spacial score (nSPS) is 18.5. The zero-order chi connectivity index (χ0) is 16.1. The fourth-order valence-corrected chi connectivity index (χ4v) is 4.28. The van der Waals surface area contributed by atoms with Crippen LogP contribution in [0.25, 0.3) is 10.9 Å². The minimum absolute atomic E-state index is 0.726. The van der Waals surface area contributed by atoms with Crippen molar-refractivity contribution in [2.45, 2.75) is 24.5 Å². The summed E-state index contributed by atoms with van der Waals surface area (Å²) in [5.74, 6) is 2.18. The third-order valence-electron chi connectivity index (χ3n) is 4.16. The molecule has 6 heteroatoms. The van der Waals surface area contributed by atoms with Crippen LogP contribution in [0.5, 0.6) is 0 Å². The molecule has 1 unspecified atom stereocenters. The molecule has 0 spiro atoms. The molecule has 1 aromatic carbocycles. The fraction of sp³-hybridized carbons (Fsp3) is 0.471. The number of aliphatic imine (C=N–C) groups is 1. The highest BCUT2D eigenvalue weighted by molar-refractivity contribution is 8.00. The first-order valence-corrected chi connectivity index (χ1v) is 9.50. The van der Waals surface area contributed by atoms with Crippen molar-refractivity contribution in [3.8, 4) is 0 Å². The molecule has 23 heavy (non-hydrogen) atoms. The van der Waals surface area contributed by atoms with Crippen molar-refractivity contribution in [1.29, 1.82) is 0 Å². The molecule has 0 saturated carbocycles. The number of hydrogen-bond acceptors (Lipinski definition) is 2. The molecular weight excluding hydrogens is 328 g/mol. The second-order valence-corrected chi connectivity index (χ2v) is 7.61. The summed E-state index contributed by atoms with van der Waals surface area (Å²) in [6, 6.07) is 5.96. The lowest BCUT2D eigenvalue weighted by atomic mass is 10.1. The summed E-state index contributed by atoms with van der Waals surface area (Å²) in [7, 11) is 1.82. The van der Waals surface area contributed by atoms with Crippen molar-refractivity contribution in [2.24, 2.45) is 4.99 Å². The average Bonchev–Trinajstić information content (AvgIpc) is 3.20. The maximum atomic E-state index is 6.10. The fourth-order valence-electron chi connectivity index (χ4n) is 2.91. The number of guanidine groups is 1. The Bertz CT molecular complexity index is 676. The molecule has 3 rings (SSSR count). The number of hydrogen-bond donors (Lipinski definition) is 3. The van der Waals surface area contributed by atoms with E-state index in [0.717, 1.165) is 41.3 Å². The topological polar surface area (TPSA) is 52.2 Å². The number of aromatic nitrogens is 1. The molecule has 0 radical (unpaired) electrons. The Kier molecular flexibility index (Phi) is 5.73. The molecule has 1 aliphatic heterocycles. The molecule has 2 aromatic rings. The van der Waals surface area contributed by atoms with Crippen LogP contribution in [-0.4, -0.2) is 42.1 Å². The molecule has 1 aromatic heterocycles. The molecule has 1 fully saturated rings. The van der Waals surface area contributed by atoms with Gasteiger partial charge in [-0.25, -0.2) is 0 Å². The highest BCUT2D eigenvalue weighted by Crippen LogP contribution is 2.25. The Morgan fingerprint density at radius 3 is 3.13 bits per heavy atom. The number of thioether (sulfide) groups is 1. The Hall–Kier alpha value is -1.33. The van der Waals surface area contributed by atoms with E-state index in [-0.39, 0.29) is 0 Å². The predicted octanol–water partition coefficient (Wildman–Crippen LogP) is 3.42. The van der Waals surface area contributed by atoms with E-state index in [1.165, 1.54) is 29.5 Å². The van der Waals surface area contributed by atoms with E-state index in [0.29, 0.717) is 0 Å². The Morgan fingerprint density at radius 2 is 2.35 bits per heavy atom. The van der Waals surface area contributed by atoms with Crippen molar-refractivity contribution in [3.63, 3.8) is 0 Å². The smallest absolute Gasteiger partial charge is 0.191 e. The number of rotatable bonds is 5. The first-order chi connectivity index (χ1) is 11.3. The SMILES string of the molecule is CN=C(NCCc1c[nH]c2ccc(Cl)cc12)NCC1CCCS1. The molecule has 1 aliphatic rings. The van der Waals surface area contributed by atoms with Gasteiger partial charge in [0.05, 0.1) is 0 Å². The van der Waals surface area contributed by atoms with Crippen molar-refractivity contribution >= 4 is 40.2 Å². The van der Waals surface area contributed by atoms with Gasteiger partial charge in [-0.3, -0.25) is 4.99 Å². The minimum Gasteiger partial charge on any atom is -0.361 e. The Balaban J connectivity index is 1.49. The van der Waals surface area contributed by atoms with E-state index in [2.05, 4.69) is 38.6 Å². The van der Waals surface area contributed by atoms with Crippen LogP contribution in [-0.2, 0) is 6.42 Å². The van der Waals surface area contributed by atoms with Crippen LogP contribution in [0.15, 0.2) is 29.4 Å². The first kappa shape index (κ1) is 16.5. The molecule has 2 heterocycles. The van der Waals surface area contributed by atoms with Crippen LogP contribution in [0.2, 0.25) is 5.02 Å². The zero-order valence-electron chi connectivity index (χ0n) is 13.4. The molecule has 4 nitrogen and oxygen atoms in total. The molecule has 0 amide bonds. The number of benzene rings is 1. The van der Waals surface area contributed by atoms with Crippen molar-refractivity contribution in [1.82, 2.24) is 15.6 Å². The van der Waals surface area contributed by atoms with E-state index in [4.69, 9.17) is 11.6 Å². The van der Waals surface area contributed by atoms with Gasteiger partial charge in [0.25, 0.3) is 0 Å². The average molecular weight is 351 g/mol. The number of H-pyrrole nitrogens is 1. The first-order valence-electron chi connectivity index (χ1n) is 8.08. The lowest BCUT2D eigenvalue weighted by Gasteiger charge is -2.14. The lowest BCUT2D eigenvalue weighted by molar-refractivity contribution is 0.724. The van der Waals surface area contributed by atoms with Crippen LogP contribution >= 0.6 is 23.4 Å². The molecule has 3 N–H and O–H groups in total. The Labute approximate surface area is 146 Å². The number of aromatic amines is 1. The molecular formula is C17H23ClN4S. The summed E-state index contributed by atoms with van der Waals surface area (Å²) in [6.45, 7) is 1.84. The summed E-state index contributed by atoms with van der Waals surface area (Å²) < 4.78 is 0. The second kappa shape index (κ2) is 7.97. The summed E-state index contributed by atoms with van der Waals surface area (Å²) >= 11 is 8.15. The van der Waals surface area contributed by atoms with Gasteiger partial charge in [0.2, 0.25) is 0 Å². The zero-order valence-corrected chi connectivity index (χ0v) is 14.9. The third-order valence-corrected chi connectivity index (χ3v) is 5.79. The van der Waals surface area contributed by atoms with Gasteiger partial charge in [-0.05, 0) is 48.8 Å². The van der Waals surface area contributed by atoms with Gasteiger partial charge in [0.15, 0.2) is 5.96 Å². The number of nitrogens with zero attached hydrogens (tertiary/aromatic N) is 1. The largest absolute Gasteiger partial charge is 0.361 e. The van der Waals surface area contributed by atoms with E-state index >= 15 is 0 Å². The van der Waals surface area contributed by atoms with Gasteiger partial charge in [0.1, 0.15) is 0 Å². The third kappa shape index (κ3) is 4.36. The van der Waals surface area contributed by atoms with Crippen LogP contribution in [0.1, 0.15) is 18.4 Å². The van der Waals surface area contributed by atoms with Crippen LogP contribution in [0.3, 0.4) is 0 Å². The quantitative estimate of drug-likeness (QED) is 0.572. The van der Waals surface area contributed by atoms with Crippen LogP contribution in [0.4, 0.5) is 0 Å². The molecule has 124 valence electrons. The van der Waals surface area contributed by atoms with E-state index in [9.17, 15) is 0 Å². The maximum Gasteiger partial charge on any atom is 0.191 e. The number of fused-ring (bicyclic) bond motifs is 1. The van der Waals surface area contributed by atoms with Crippen molar-refractivity contribution in [3.05, 3.63) is 35.0 Å².